The van der Waals surface area contributed by atoms with Crippen LogP contribution in [-0.2, 0) is 9.53 Å². The highest BCUT2D eigenvalue weighted by atomic mass is 16.5. The maximum absolute atomic E-state index is 12.5. The van der Waals surface area contributed by atoms with Crippen LogP contribution in [0, 0.1) is 23.7 Å². The molecule has 0 radical (unpaired) electrons. The Morgan fingerprint density at radius 3 is 2.50 bits per heavy atom. The topological polar surface area (TPSA) is 29.5 Å². The van der Waals surface area contributed by atoms with Crippen molar-refractivity contribution in [1.29, 1.82) is 0 Å². The molecule has 0 aromatic heterocycles. The Hall–Kier alpha value is -0.830. The summed E-state index contributed by atoms with van der Waals surface area (Å²) < 4.78 is 5.19. The molecule has 124 valence electrons. The van der Waals surface area contributed by atoms with Crippen LogP contribution >= 0.6 is 0 Å². The Bertz CT molecular complexity index is 425. The molecule has 4 atom stereocenters. The fraction of sp³-hybridized carbons (Fsp3) is 0.842. The first-order valence-electron chi connectivity index (χ1n) is 9.08. The summed E-state index contributed by atoms with van der Waals surface area (Å²) in [6, 6.07) is 1.12. The van der Waals surface area contributed by atoms with Gasteiger partial charge in [-0.2, -0.15) is 0 Å². The fourth-order valence-electron chi connectivity index (χ4n) is 5.50. The highest BCUT2D eigenvalue weighted by Gasteiger charge is 2.51. The van der Waals surface area contributed by atoms with Crippen molar-refractivity contribution in [2.24, 2.45) is 23.7 Å². The van der Waals surface area contributed by atoms with Crippen molar-refractivity contribution in [2.45, 2.75) is 64.0 Å². The smallest absolute Gasteiger partial charge is 0.310 e. The molecule has 2 heterocycles. The van der Waals surface area contributed by atoms with Crippen molar-refractivity contribution >= 4 is 5.97 Å². The van der Waals surface area contributed by atoms with E-state index in [1.807, 2.05) is 0 Å². The van der Waals surface area contributed by atoms with Gasteiger partial charge in [0, 0.05) is 12.1 Å². The zero-order valence-corrected chi connectivity index (χ0v) is 14.3. The molecule has 2 unspecified atom stereocenters. The standard InChI is InChI=1S/C19H31NO2/c1-4-5-13-6-8-14(9-7-13)16-12-15-10-11-17(20(15)2)18(16)19(21)22-3/h4-5,13-18H,6-12H2,1-3H3/b5-4-/t13?,14?,15-,16-,17?,18?/m1/s1. The lowest BCUT2D eigenvalue weighted by Crippen LogP contribution is -2.52. The molecule has 3 aliphatic rings. The van der Waals surface area contributed by atoms with E-state index < -0.39 is 0 Å². The molecule has 2 aliphatic heterocycles. The summed E-state index contributed by atoms with van der Waals surface area (Å²) in [5.74, 6) is 2.19. The number of methoxy groups -OCH3 is 1. The fourth-order valence-corrected chi connectivity index (χ4v) is 5.50. The molecule has 0 N–H and O–H groups in total. The van der Waals surface area contributed by atoms with Crippen molar-refractivity contribution < 1.29 is 9.53 Å². The minimum absolute atomic E-state index is 0.0396. The summed E-state index contributed by atoms with van der Waals surface area (Å²) in [5.41, 5.74) is 0. The van der Waals surface area contributed by atoms with E-state index in [2.05, 4.69) is 31.0 Å². The van der Waals surface area contributed by atoms with E-state index in [0.717, 1.165) is 11.8 Å². The van der Waals surface area contributed by atoms with Crippen LogP contribution < -0.4 is 0 Å². The van der Waals surface area contributed by atoms with Crippen LogP contribution in [-0.4, -0.2) is 37.1 Å². The Morgan fingerprint density at radius 1 is 1.14 bits per heavy atom. The minimum Gasteiger partial charge on any atom is -0.469 e. The molecule has 22 heavy (non-hydrogen) atoms. The molecule has 0 amide bonds. The first-order valence-corrected chi connectivity index (χ1v) is 9.08. The first kappa shape index (κ1) is 16.0. The van der Waals surface area contributed by atoms with E-state index >= 15 is 0 Å². The van der Waals surface area contributed by atoms with Crippen LogP contribution in [0.25, 0.3) is 0 Å². The molecular weight excluding hydrogens is 274 g/mol. The highest BCUT2D eigenvalue weighted by Crippen LogP contribution is 2.48. The normalized spacial score (nSPS) is 42.7. The van der Waals surface area contributed by atoms with Crippen molar-refractivity contribution in [1.82, 2.24) is 4.90 Å². The van der Waals surface area contributed by atoms with Gasteiger partial charge in [-0.15, -0.1) is 0 Å². The van der Waals surface area contributed by atoms with E-state index in [1.165, 1.54) is 44.9 Å². The summed E-state index contributed by atoms with van der Waals surface area (Å²) in [4.78, 5) is 14.9. The predicted octanol–water partition coefficient (Wildman–Crippen LogP) is 3.64. The lowest BCUT2D eigenvalue weighted by molar-refractivity contribution is -0.154. The molecule has 2 bridgehead atoms. The second kappa shape index (κ2) is 6.74. The predicted molar refractivity (Wildman–Crippen MR) is 88.4 cm³/mol. The van der Waals surface area contributed by atoms with Gasteiger partial charge in [0.1, 0.15) is 0 Å². The SMILES string of the molecule is C/C=C\C1CCC([C@H]2C[C@H]3CCC(C2C(=O)OC)N3C)CC1. The molecule has 3 fully saturated rings. The molecule has 0 aromatic rings. The molecule has 0 aromatic carbocycles. The number of nitrogens with zero attached hydrogens (tertiary/aromatic N) is 1. The van der Waals surface area contributed by atoms with Crippen LogP contribution in [0.1, 0.15) is 51.9 Å². The van der Waals surface area contributed by atoms with Gasteiger partial charge in [-0.25, -0.2) is 0 Å². The summed E-state index contributed by atoms with van der Waals surface area (Å²) in [7, 11) is 3.76. The number of ether oxygens (including phenoxy) is 1. The summed E-state index contributed by atoms with van der Waals surface area (Å²) in [6.45, 7) is 2.12. The van der Waals surface area contributed by atoms with Crippen LogP contribution in [0.5, 0.6) is 0 Å². The zero-order chi connectivity index (χ0) is 15.7. The van der Waals surface area contributed by atoms with Crippen LogP contribution in [0.3, 0.4) is 0 Å². The number of rotatable bonds is 3. The van der Waals surface area contributed by atoms with Gasteiger partial charge in [0.05, 0.1) is 13.0 Å². The maximum atomic E-state index is 12.5. The van der Waals surface area contributed by atoms with E-state index in [1.54, 1.807) is 7.11 Å². The molecule has 1 aliphatic carbocycles. The number of carbonyl (C=O) groups excluding carboxylic acids is 1. The Labute approximate surface area is 135 Å². The van der Waals surface area contributed by atoms with E-state index in [-0.39, 0.29) is 11.9 Å². The lowest BCUT2D eigenvalue weighted by Gasteiger charge is -2.46. The van der Waals surface area contributed by atoms with Gasteiger partial charge in [0.25, 0.3) is 0 Å². The van der Waals surface area contributed by atoms with Gasteiger partial charge in [-0.3, -0.25) is 9.69 Å². The second-order valence-electron chi connectivity index (χ2n) is 7.61. The number of allylic oxidation sites excluding steroid dienone is 2. The zero-order valence-electron chi connectivity index (χ0n) is 14.3. The Balaban J connectivity index is 1.73. The van der Waals surface area contributed by atoms with Gasteiger partial charge in [0.15, 0.2) is 0 Å². The van der Waals surface area contributed by atoms with Crippen molar-refractivity contribution in [3.63, 3.8) is 0 Å². The minimum atomic E-state index is 0.0396. The van der Waals surface area contributed by atoms with E-state index in [0.29, 0.717) is 18.0 Å². The molecule has 3 rings (SSSR count). The number of hydrogen-bond donors (Lipinski definition) is 0. The van der Waals surface area contributed by atoms with Crippen molar-refractivity contribution in [3.8, 4) is 0 Å². The molecular formula is C19H31NO2. The van der Waals surface area contributed by atoms with Crippen LogP contribution in [0.15, 0.2) is 12.2 Å². The summed E-state index contributed by atoms with van der Waals surface area (Å²) in [5, 5.41) is 0. The summed E-state index contributed by atoms with van der Waals surface area (Å²) >= 11 is 0. The third-order valence-electron chi connectivity index (χ3n) is 6.67. The number of fused-ring (bicyclic) bond motifs is 2. The largest absolute Gasteiger partial charge is 0.469 e. The number of hydrogen-bond acceptors (Lipinski definition) is 3. The maximum Gasteiger partial charge on any atom is 0.310 e. The number of carbonyl (C=O) groups is 1. The second-order valence-corrected chi connectivity index (χ2v) is 7.61. The molecule has 2 saturated heterocycles. The summed E-state index contributed by atoms with van der Waals surface area (Å²) in [6.07, 6.45) is 13.4. The van der Waals surface area contributed by atoms with Gasteiger partial charge < -0.3 is 4.74 Å². The molecule has 0 spiro atoms. The van der Waals surface area contributed by atoms with Gasteiger partial charge in [-0.1, -0.05) is 12.2 Å². The van der Waals surface area contributed by atoms with Crippen LogP contribution in [0.2, 0.25) is 0 Å². The third kappa shape index (κ3) is 2.84. The Kier molecular flexibility index (Phi) is 4.91. The third-order valence-corrected chi connectivity index (χ3v) is 6.67. The average Bonchev–Trinajstić information content (AvgIpc) is 2.77. The molecule has 1 saturated carbocycles. The van der Waals surface area contributed by atoms with Gasteiger partial charge in [0.2, 0.25) is 0 Å². The Morgan fingerprint density at radius 2 is 1.86 bits per heavy atom. The monoisotopic (exact) mass is 305 g/mol. The number of piperidine rings is 1. The van der Waals surface area contributed by atoms with E-state index in [9.17, 15) is 4.79 Å². The highest BCUT2D eigenvalue weighted by molar-refractivity contribution is 5.74. The number of esters is 1. The van der Waals surface area contributed by atoms with Crippen molar-refractivity contribution in [2.75, 3.05) is 14.2 Å². The lowest BCUT2D eigenvalue weighted by atomic mass is 9.67. The van der Waals surface area contributed by atoms with Crippen molar-refractivity contribution in [3.05, 3.63) is 12.2 Å². The quantitative estimate of drug-likeness (QED) is 0.589. The molecule has 3 heteroatoms. The van der Waals surface area contributed by atoms with Crippen LogP contribution in [0.4, 0.5) is 0 Å². The average molecular weight is 305 g/mol. The van der Waals surface area contributed by atoms with E-state index in [4.69, 9.17) is 4.74 Å². The van der Waals surface area contributed by atoms with Gasteiger partial charge >= 0.3 is 5.97 Å². The van der Waals surface area contributed by atoms with Gasteiger partial charge in [-0.05, 0) is 76.7 Å². The first-order chi connectivity index (χ1) is 10.7. The molecule has 3 nitrogen and oxygen atoms in total.